The first-order valence-electron chi connectivity index (χ1n) is 3.41. The van der Waals surface area contributed by atoms with Crippen molar-refractivity contribution in [2.75, 3.05) is 0 Å². The van der Waals surface area contributed by atoms with Gasteiger partial charge in [-0.15, -0.1) is 10.2 Å². The molecule has 1 aliphatic heterocycles. The molecule has 0 saturated heterocycles. The van der Waals surface area contributed by atoms with Crippen molar-refractivity contribution in [3.63, 3.8) is 0 Å². The SMILES string of the molecule is Clc1ccc([C]2N=NN=N2)cc1Cl. The quantitative estimate of drug-likeness (QED) is 0.684. The monoisotopic (exact) mass is 213 g/mol. The van der Waals surface area contributed by atoms with E-state index in [9.17, 15) is 0 Å². The molecular weight excluding hydrogens is 211 g/mol. The highest BCUT2D eigenvalue weighted by atomic mass is 35.5. The average molecular weight is 214 g/mol. The lowest BCUT2D eigenvalue weighted by Gasteiger charge is -2.01. The van der Waals surface area contributed by atoms with E-state index >= 15 is 0 Å². The molecule has 1 aliphatic rings. The Kier molecular flexibility index (Phi) is 2.24. The number of benzene rings is 1. The van der Waals surface area contributed by atoms with Gasteiger partial charge in [0.1, 0.15) is 0 Å². The molecule has 1 radical (unpaired) electrons. The van der Waals surface area contributed by atoms with E-state index in [1.807, 2.05) is 0 Å². The highest BCUT2D eigenvalue weighted by molar-refractivity contribution is 6.42. The van der Waals surface area contributed by atoms with Gasteiger partial charge in [-0.1, -0.05) is 29.3 Å². The average Bonchev–Trinajstić information content (AvgIpc) is 2.62. The molecule has 0 atom stereocenters. The Balaban J connectivity index is 2.36. The minimum atomic E-state index is 0.443. The van der Waals surface area contributed by atoms with Gasteiger partial charge >= 0.3 is 0 Å². The van der Waals surface area contributed by atoms with E-state index in [4.69, 9.17) is 23.2 Å². The summed E-state index contributed by atoms with van der Waals surface area (Å²) in [5.74, 6) is 0. The summed E-state index contributed by atoms with van der Waals surface area (Å²) < 4.78 is 0. The van der Waals surface area contributed by atoms with Gasteiger partial charge in [-0.05, 0) is 22.6 Å². The van der Waals surface area contributed by atoms with Crippen molar-refractivity contribution >= 4 is 23.2 Å². The van der Waals surface area contributed by atoms with Crippen LogP contribution in [0.5, 0.6) is 0 Å². The van der Waals surface area contributed by atoms with Crippen LogP contribution in [0.4, 0.5) is 0 Å². The van der Waals surface area contributed by atoms with Crippen LogP contribution in [-0.2, 0) is 0 Å². The van der Waals surface area contributed by atoms with E-state index in [-0.39, 0.29) is 0 Å². The Labute approximate surface area is 84.3 Å². The predicted molar refractivity (Wildman–Crippen MR) is 48.5 cm³/mol. The van der Waals surface area contributed by atoms with Crippen molar-refractivity contribution < 1.29 is 0 Å². The fourth-order valence-corrected chi connectivity index (χ4v) is 1.19. The molecule has 1 aromatic rings. The molecule has 0 spiro atoms. The molecule has 0 saturated carbocycles. The van der Waals surface area contributed by atoms with E-state index in [0.29, 0.717) is 16.2 Å². The first kappa shape index (κ1) is 8.59. The van der Waals surface area contributed by atoms with Crippen molar-refractivity contribution in [2.45, 2.75) is 0 Å². The van der Waals surface area contributed by atoms with Crippen LogP contribution in [0.1, 0.15) is 5.56 Å². The summed E-state index contributed by atoms with van der Waals surface area (Å²) in [6, 6.07) is 5.10. The molecule has 0 N–H and O–H groups in total. The third-order valence-electron chi connectivity index (χ3n) is 1.50. The summed E-state index contributed by atoms with van der Waals surface area (Å²) in [6.45, 7) is 0. The number of hydrogen-bond acceptors (Lipinski definition) is 4. The molecule has 0 aliphatic carbocycles. The topological polar surface area (TPSA) is 49.4 Å². The lowest BCUT2D eigenvalue weighted by molar-refractivity contribution is 1.02. The molecule has 0 aromatic heterocycles. The third-order valence-corrected chi connectivity index (χ3v) is 2.24. The van der Waals surface area contributed by atoms with Gasteiger partial charge in [0.15, 0.2) is 0 Å². The van der Waals surface area contributed by atoms with Crippen molar-refractivity contribution in [3.8, 4) is 0 Å². The molecule has 0 amide bonds. The summed E-state index contributed by atoms with van der Waals surface area (Å²) in [7, 11) is 0. The van der Waals surface area contributed by atoms with E-state index in [1.54, 1.807) is 18.2 Å². The van der Waals surface area contributed by atoms with Crippen molar-refractivity contribution in [3.05, 3.63) is 40.0 Å². The minimum absolute atomic E-state index is 0.443. The molecule has 1 heterocycles. The maximum Gasteiger partial charge on any atom is 0.272 e. The second kappa shape index (κ2) is 3.40. The predicted octanol–water partition coefficient (Wildman–Crippen LogP) is 3.66. The van der Waals surface area contributed by atoms with Gasteiger partial charge in [-0.2, -0.15) is 0 Å². The van der Waals surface area contributed by atoms with Crippen LogP contribution >= 0.6 is 23.2 Å². The van der Waals surface area contributed by atoms with Crippen LogP contribution in [0.2, 0.25) is 10.0 Å². The summed E-state index contributed by atoms with van der Waals surface area (Å²) in [6.07, 6.45) is 0.443. The zero-order valence-electron chi connectivity index (χ0n) is 6.28. The normalized spacial score (nSPS) is 15.5. The fourth-order valence-electron chi connectivity index (χ4n) is 0.895. The zero-order valence-corrected chi connectivity index (χ0v) is 7.79. The zero-order chi connectivity index (χ0) is 9.26. The lowest BCUT2D eigenvalue weighted by atomic mass is 10.2. The van der Waals surface area contributed by atoms with Gasteiger partial charge < -0.3 is 0 Å². The number of rotatable bonds is 1. The highest BCUT2D eigenvalue weighted by Gasteiger charge is 2.15. The molecular formula is C7H3Cl2N4. The molecule has 13 heavy (non-hydrogen) atoms. The van der Waals surface area contributed by atoms with E-state index < -0.39 is 0 Å². The van der Waals surface area contributed by atoms with Gasteiger partial charge in [0, 0.05) is 5.56 Å². The Bertz CT molecular complexity index is 376. The summed E-state index contributed by atoms with van der Waals surface area (Å²) in [5.41, 5.74) is 0.749. The Morgan fingerprint density at radius 1 is 0.923 bits per heavy atom. The van der Waals surface area contributed by atoms with Crippen LogP contribution < -0.4 is 0 Å². The Hall–Kier alpha value is -1.00. The Morgan fingerprint density at radius 2 is 1.62 bits per heavy atom. The van der Waals surface area contributed by atoms with Gasteiger partial charge in [0.05, 0.1) is 10.0 Å². The number of nitrogens with zero attached hydrogens (tertiary/aromatic N) is 4. The van der Waals surface area contributed by atoms with Crippen LogP contribution in [-0.4, -0.2) is 0 Å². The first-order valence-corrected chi connectivity index (χ1v) is 4.17. The third kappa shape index (κ3) is 1.68. The summed E-state index contributed by atoms with van der Waals surface area (Å²) >= 11 is 11.5. The van der Waals surface area contributed by atoms with Crippen LogP contribution in [0.25, 0.3) is 0 Å². The minimum Gasteiger partial charge on any atom is -0.124 e. The van der Waals surface area contributed by atoms with Crippen LogP contribution in [0.3, 0.4) is 0 Å². The molecule has 0 fully saturated rings. The molecule has 6 heteroatoms. The highest BCUT2D eigenvalue weighted by Crippen LogP contribution is 2.29. The molecule has 1 aromatic carbocycles. The standard InChI is InChI=1S/C7H3Cl2N4/c8-5-2-1-4(3-6(5)9)7-10-12-13-11-7/h1-3H. The Morgan fingerprint density at radius 3 is 2.23 bits per heavy atom. The van der Waals surface area contributed by atoms with Gasteiger partial charge in [-0.3, -0.25) is 0 Å². The van der Waals surface area contributed by atoms with Crippen molar-refractivity contribution in [1.82, 2.24) is 0 Å². The molecule has 2 rings (SSSR count). The molecule has 0 unspecified atom stereocenters. The maximum atomic E-state index is 5.80. The second-order valence-corrected chi connectivity index (χ2v) is 3.15. The van der Waals surface area contributed by atoms with Gasteiger partial charge in [0.2, 0.25) is 0 Å². The molecule has 4 nitrogen and oxygen atoms in total. The fraction of sp³-hybridized carbons (Fsp3) is 0. The summed E-state index contributed by atoms with van der Waals surface area (Å²) in [4.78, 5) is 0. The van der Waals surface area contributed by atoms with Crippen LogP contribution in [0.15, 0.2) is 38.9 Å². The second-order valence-electron chi connectivity index (χ2n) is 2.33. The van der Waals surface area contributed by atoms with E-state index in [2.05, 4.69) is 20.7 Å². The van der Waals surface area contributed by atoms with Crippen molar-refractivity contribution in [1.29, 1.82) is 0 Å². The first-order chi connectivity index (χ1) is 6.27. The lowest BCUT2D eigenvalue weighted by Crippen LogP contribution is -1.88. The maximum absolute atomic E-state index is 5.80. The molecule has 0 bridgehead atoms. The number of hydrogen-bond donors (Lipinski definition) is 0. The van der Waals surface area contributed by atoms with Gasteiger partial charge in [0.25, 0.3) is 6.17 Å². The molecule has 65 valence electrons. The van der Waals surface area contributed by atoms with Crippen LogP contribution in [0, 0.1) is 6.17 Å². The largest absolute Gasteiger partial charge is 0.272 e. The van der Waals surface area contributed by atoms with Crippen molar-refractivity contribution in [2.24, 2.45) is 20.7 Å². The smallest absolute Gasteiger partial charge is 0.124 e. The summed E-state index contributed by atoms with van der Waals surface area (Å²) in [5, 5.41) is 15.1. The number of halogens is 2. The van der Waals surface area contributed by atoms with E-state index in [1.165, 1.54) is 0 Å². The van der Waals surface area contributed by atoms with E-state index in [0.717, 1.165) is 5.56 Å². The van der Waals surface area contributed by atoms with Gasteiger partial charge in [-0.25, -0.2) is 0 Å².